The predicted octanol–water partition coefficient (Wildman–Crippen LogP) is 4.53. The van der Waals surface area contributed by atoms with Crippen LogP contribution in [0.1, 0.15) is 16.9 Å². The molecule has 0 aliphatic carbocycles. The number of rotatable bonds is 9. The van der Waals surface area contributed by atoms with Gasteiger partial charge in [-0.05, 0) is 47.5 Å². The Morgan fingerprint density at radius 3 is 2.73 bits per heavy atom. The monoisotopic (exact) mass is 414 g/mol. The third-order valence-corrected chi connectivity index (χ3v) is 4.16. The van der Waals surface area contributed by atoms with Crippen LogP contribution in [0.3, 0.4) is 0 Å². The molecular formula is C22H20F2N2O4. The molecule has 156 valence electrons. The van der Waals surface area contributed by atoms with E-state index in [1.807, 2.05) is 6.07 Å². The van der Waals surface area contributed by atoms with Crippen molar-refractivity contribution in [2.24, 2.45) is 0 Å². The fraction of sp³-hybridized carbons (Fsp3) is 0.182. The second-order valence-corrected chi connectivity index (χ2v) is 6.26. The first-order valence-corrected chi connectivity index (χ1v) is 9.06. The van der Waals surface area contributed by atoms with Crippen molar-refractivity contribution >= 4 is 12.0 Å². The van der Waals surface area contributed by atoms with E-state index < -0.39 is 6.61 Å². The van der Waals surface area contributed by atoms with Gasteiger partial charge in [-0.1, -0.05) is 12.1 Å². The zero-order valence-electron chi connectivity index (χ0n) is 16.2. The van der Waals surface area contributed by atoms with Gasteiger partial charge >= 0.3 is 6.61 Å². The van der Waals surface area contributed by atoms with E-state index in [9.17, 15) is 13.6 Å². The van der Waals surface area contributed by atoms with Crippen LogP contribution in [0.15, 0.2) is 71.6 Å². The Hall–Kier alpha value is -3.68. The van der Waals surface area contributed by atoms with Gasteiger partial charge in [-0.3, -0.25) is 9.78 Å². The first kappa shape index (κ1) is 21.0. The lowest BCUT2D eigenvalue weighted by Gasteiger charge is -2.20. The van der Waals surface area contributed by atoms with E-state index in [0.29, 0.717) is 17.9 Å². The summed E-state index contributed by atoms with van der Waals surface area (Å²) in [5, 5.41) is 0. The summed E-state index contributed by atoms with van der Waals surface area (Å²) < 4.78 is 39.8. The van der Waals surface area contributed by atoms with E-state index in [0.717, 1.165) is 5.56 Å². The molecule has 3 aromatic rings. The summed E-state index contributed by atoms with van der Waals surface area (Å²) in [6, 6.07) is 11.7. The van der Waals surface area contributed by atoms with Crippen LogP contribution in [0, 0.1) is 0 Å². The van der Waals surface area contributed by atoms with Crippen LogP contribution < -0.4 is 9.47 Å². The molecule has 8 heteroatoms. The first-order valence-electron chi connectivity index (χ1n) is 9.06. The number of nitrogens with zero attached hydrogens (tertiary/aromatic N) is 2. The maximum atomic E-state index is 12.8. The zero-order valence-corrected chi connectivity index (χ0v) is 16.2. The molecule has 6 nitrogen and oxygen atoms in total. The highest BCUT2D eigenvalue weighted by Gasteiger charge is 2.14. The largest absolute Gasteiger partial charge is 0.493 e. The number of hydrogen-bond donors (Lipinski definition) is 0. The predicted molar refractivity (Wildman–Crippen MR) is 106 cm³/mol. The number of aromatic nitrogens is 1. The minimum absolute atomic E-state index is 0.0769. The summed E-state index contributed by atoms with van der Waals surface area (Å²) in [6.45, 7) is -2.32. The van der Waals surface area contributed by atoms with Crippen LogP contribution in [0.4, 0.5) is 8.78 Å². The van der Waals surface area contributed by atoms with Crippen molar-refractivity contribution in [2.45, 2.75) is 19.7 Å². The second kappa shape index (κ2) is 10.2. The van der Waals surface area contributed by atoms with Crippen molar-refractivity contribution in [2.75, 3.05) is 7.11 Å². The average molecular weight is 414 g/mol. The number of benzene rings is 1. The molecular weight excluding hydrogens is 394 g/mol. The summed E-state index contributed by atoms with van der Waals surface area (Å²) >= 11 is 0. The third kappa shape index (κ3) is 5.91. The molecule has 0 N–H and O–H groups in total. The van der Waals surface area contributed by atoms with Crippen LogP contribution in [-0.2, 0) is 17.9 Å². The molecule has 30 heavy (non-hydrogen) atoms. The Bertz CT molecular complexity index is 976. The molecule has 0 aliphatic rings. The molecule has 3 rings (SSSR count). The van der Waals surface area contributed by atoms with Gasteiger partial charge in [-0.25, -0.2) is 0 Å². The highest BCUT2D eigenvalue weighted by Crippen LogP contribution is 2.29. The van der Waals surface area contributed by atoms with Gasteiger partial charge in [0.25, 0.3) is 0 Å². The van der Waals surface area contributed by atoms with Crippen molar-refractivity contribution < 1.29 is 27.5 Å². The molecule has 0 unspecified atom stereocenters. The van der Waals surface area contributed by atoms with Crippen molar-refractivity contribution in [1.29, 1.82) is 0 Å². The number of furan rings is 1. The van der Waals surface area contributed by atoms with Crippen molar-refractivity contribution in [3.8, 4) is 11.5 Å². The molecule has 0 saturated heterocycles. The lowest BCUT2D eigenvalue weighted by Crippen LogP contribution is -2.28. The fourth-order valence-corrected chi connectivity index (χ4v) is 2.77. The summed E-state index contributed by atoms with van der Waals surface area (Å²) in [7, 11) is 1.35. The van der Waals surface area contributed by atoms with Crippen LogP contribution in [0.25, 0.3) is 6.08 Å². The number of alkyl halides is 2. The fourth-order valence-electron chi connectivity index (χ4n) is 2.77. The van der Waals surface area contributed by atoms with Crippen molar-refractivity contribution in [3.63, 3.8) is 0 Å². The molecule has 0 fully saturated rings. The molecule has 0 aliphatic heterocycles. The average Bonchev–Trinajstić information content (AvgIpc) is 3.26. The van der Waals surface area contributed by atoms with Gasteiger partial charge in [0.15, 0.2) is 11.5 Å². The molecule has 1 aromatic carbocycles. The third-order valence-electron chi connectivity index (χ3n) is 4.16. The Kier molecular flexibility index (Phi) is 7.15. The number of ether oxygens (including phenoxy) is 2. The Balaban J connectivity index is 1.76. The molecule has 0 atom stereocenters. The number of methoxy groups -OCH3 is 1. The van der Waals surface area contributed by atoms with Gasteiger partial charge in [0.05, 0.1) is 19.9 Å². The highest BCUT2D eigenvalue weighted by atomic mass is 19.3. The Labute approximate surface area is 172 Å². The van der Waals surface area contributed by atoms with E-state index in [1.165, 1.54) is 25.3 Å². The van der Waals surface area contributed by atoms with Gasteiger partial charge in [0.1, 0.15) is 5.76 Å². The topological polar surface area (TPSA) is 64.8 Å². The number of hydrogen-bond acceptors (Lipinski definition) is 5. The summed E-state index contributed by atoms with van der Waals surface area (Å²) in [4.78, 5) is 18.5. The smallest absolute Gasteiger partial charge is 0.387 e. The van der Waals surface area contributed by atoms with Gasteiger partial charge in [0, 0.05) is 25.0 Å². The number of amides is 1. The lowest BCUT2D eigenvalue weighted by molar-refractivity contribution is -0.127. The van der Waals surface area contributed by atoms with Gasteiger partial charge in [-0.15, -0.1) is 0 Å². The summed E-state index contributed by atoms with van der Waals surface area (Å²) in [6.07, 6.45) is 7.89. The van der Waals surface area contributed by atoms with E-state index in [1.54, 1.807) is 53.9 Å². The Morgan fingerprint density at radius 1 is 1.20 bits per heavy atom. The van der Waals surface area contributed by atoms with Crippen LogP contribution >= 0.6 is 0 Å². The van der Waals surface area contributed by atoms with E-state index >= 15 is 0 Å². The van der Waals surface area contributed by atoms with Crippen molar-refractivity contribution in [1.82, 2.24) is 9.88 Å². The summed E-state index contributed by atoms with van der Waals surface area (Å²) in [5.41, 5.74) is 1.47. The van der Waals surface area contributed by atoms with E-state index in [-0.39, 0.29) is 24.0 Å². The maximum absolute atomic E-state index is 12.8. The van der Waals surface area contributed by atoms with Crippen molar-refractivity contribution in [3.05, 3.63) is 84.1 Å². The molecule has 2 heterocycles. The molecule has 0 radical (unpaired) electrons. The van der Waals surface area contributed by atoms with E-state index in [2.05, 4.69) is 9.72 Å². The van der Waals surface area contributed by atoms with Crippen LogP contribution in [0.2, 0.25) is 0 Å². The van der Waals surface area contributed by atoms with Gasteiger partial charge in [-0.2, -0.15) is 8.78 Å². The minimum atomic E-state index is -2.95. The van der Waals surface area contributed by atoms with Gasteiger partial charge in [0.2, 0.25) is 5.91 Å². The molecule has 0 bridgehead atoms. The lowest BCUT2D eigenvalue weighted by atomic mass is 10.1. The molecule has 1 amide bonds. The Morgan fingerprint density at radius 2 is 2.07 bits per heavy atom. The number of carbonyl (C=O) groups excluding carboxylic acids is 1. The second-order valence-electron chi connectivity index (χ2n) is 6.26. The maximum Gasteiger partial charge on any atom is 0.387 e. The normalized spacial score (nSPS) is 11.1. The highest BCUT2D eigenvalue weighted by molar-refractivity contribution is 5.91. The zero-order chi connectivity index (χ0) is 21.3. The van der Waals surface area contributed by atoms with E-state index in [4.69, 9.17) is 9.15 Å². The van der Waals surface area contributed by atoms with Crippen LogP contribution in [0.5, 0.6) is 11.5 Å². The SMILES string of the molecule is COc1cc(C=CC(=O)N(Cc2cccnc2)Cc2ccco2)ccc1OC(F)F. The number of halogens is 2. The standard InChI is InChI=1S/C22H20F2N2O4/c1-28-20-12-16(6-8-19(20)30-22(23)24)7-9-21(27)26(15-18-5-3-11-29-18)14-17-4-2-10-25-13-17/h2-13,22H,14-15H2,1H3. The summed E-state index contributed by atoms with van der Waals surface area (Å²) in [5.74, 6) is 0.470. The number of pyridine rings is 1. The molecule has 0 saturated carbocycles. The number of carbonyl (C=O) groups is 1. The first-order chi connectivity index (χ1) is 14.5. The van der Waals surface area contributed by atoms with Crippen LogP contribution in [-0.4, -0.2) is 29.5 Å². The molecule has 2 aromatic heterocycles. The van der Waals surface area contributed by atoms with Gasteiger partial charge < -0.3 is 18.8 Å². The quantitative estimate of drug-likeness (QED) is 0.482. The molecule has 0 spiro atoms. The minimum Gasteiger partial charge on any atom is -0.493 e.